The normalized spacial score (nSPS) is 18.5. The summed E-state index contributed by atoms with van der Waals surface area (Å²) in [7, 11) is 1.34. The zero-order valence-electron chi connectivity index (χ0n) is 10.4. The van der Waals surface area contributed by atoms with E-state index in [2.05, 4.69) is 5.32 Å². The van der Waals surface area contributed by atoms with E-state index in [0.717, 1.165) is 12.8 Å². The van der Waals surface area contributed by atoms with E-state index in [9.17, 15) is 9.59 Å². The summed E-state index contributed by atoms with van der Waals surface area (Å²) in [5.41, 5.74) is 5.23. The molecule has 1 atom stereocenters. The fraction of sp³-hybridized carbons (Fsp3) is 0.833. The van der Waals surface area contributed by atoms with Gasteiger partial charge in [0.05, 0.1) is 13.7 Å². The summed E-state index contributed by atoms with van der Waals surface area (Å²) in [6, 6.07) is -0.542. The van der Waals surface area contributed by atoms with E-state index in [1.165, 1.54) is 26.4 Å². The first-order valence-electron chi connectivity index (χ1n) is 6.24. The Hall–Kier alpha value is -1.10. The monoisotopic (exact) mass is 242 g/mol. The van der Waals surface area contributed by atoms with Gasteiger partial charge in [0, 0.05) is 0 Å². The summed E-state index contributed by atoms with van der Waals surface area (Å²) in [4.78, 5) is 22.8. The second kappa shape index (κ2) is 7.27. The minimum Gasteiger partial charge on any atom is -0.467 e. The molecular weight excluding hydrogens is 220 g/mol. The zero-order chi connectivity index (χ0) is 12.7. The molecule has 0 heterocycles. The van der Waals surface area contributed by atoms with Crippen LogP contribution in [0.25, 0.3) is 0 Å². The van der Waals surface area contributed by atoms with Crippen LogP contribution >= 0.6 is 0 Å². The number of hydrogen-bond acceptors (Lipinski definition) is 4. The Bertz CT molecular complexity index is 262. The lowest BCUT2D eigenvalue weighted by molar-refractivity contribution is -0.145. The van der Waals surface area contributed by atoms with Crippen molar-refractivity contribution in [2.24, 2.45) is 11.7 Å². The average Bonchev–Trinajstić information content (AvgIpc) is 2.38. The van der Waals surface area contributed by atoms with Gasteiger partial charge in [0.15, 0.2) is 0 Å². The first kappa shape index (κ1) is 14.0. The maximum absolute atomic E-state index is 11.6. The highest BCUT2D eigenvalue weighted by atomic mass is 16.5. The summed E-state index contributed by atoms with van der Waals surface area (Å²) in [5.74, 6) is -0.181. The predicted octanol–water partition coefficient (Wildman–Crippen LogP) is 0.573. The van der Waals surface area contributed by atoms with Crippen molar-refractivity contribution in [3.05, 3.63) is 0 Å². The van der Waals surface area contributed by atoms with Crippen molar-refractivity contribution < 1.29 is 14.3 Å². The molecule has 0 bridgehead atoms. The third-order valence-electron chi connectivity index (χ3n) is 3.30. The van der Waals surface area contributed by atoms with Crippen LogP contribution < -0.4 is 11.1 Å². The maximum atomic E-state index is 11.6. The van der Waals surface area contributed by atoms with Gasteiger partial charge in [-0.3, -0.25) is 4.79 Å². The number of nitrogens with two attached hydrogens (primary N) is 1. The molecule has 1 unspecified atom stereocenters. The second-order valence-electron chi connectivity index (χ2n) is 4.59. The van der Waals surface area contributed by atoms with E-state index in [1.807, 2.05) is 0 Å². The second-order valence-corrected chi connectivity index (χ2v) is 4.59. The van der Waals surface area contributed by atoms with Gasteiger partial charge in [-0.05, 0) is 12.3 Å². The fourth-order valence-electron chi connectivity index (χ4n) is 2.37. The van der Waals surface area contributed by atoms with Gasteiger partial charge in [-0.15, -0.1) is 0 Å². The number of nitrogens with one attached hydrogen (secondary N) is 1. The van der Waals surface area contributed by atoms with Gasteiger partial charge in [-0.1, -0.05) is 32.1 Å². The lowest BCUT2D eigenvalue weighted by Crippen LogP contribution is -2.45. The quantitative estimate of drug-likeness (QED) is 0.691. The van der Waals surface area contributed by atoms with Crippen molar-refractivity contribution in [3.63, 3.8) is 0 Å². The van der Waals surface area contributed by atoms with Crippen LogP contribution in [0.2, 0.25) is 0 Å². The lowest BCUT2D eigenvalue weighted by atomic mass is 9.85. The van der Waals surface area contributed by atoms with Gasteiger partial charge >= 0.3 is 5.97 Å². The lowest BCUT2D eigenvalue weighted by Gasteiger charge is -2.25. The summed E-state index contributed by atoms with van der Waals surface area (Å²) in [5, 5.41) is 2.63. The molecule has 0 aliphatic heterocycles. The zero-order valence-corrected chi connectivity index (χ0v) is 10.4. The highest BCUT2D eigenvalue weighted by Crippen LogP contribution is 2.27. The van der Waals surface area contributed by atoms with Gasteiger partial charge in [-0.25, -0.2) is 4.79 Å². The molecular formula is C12H22N2O3. The molecule has 1 rings (SSSR count). The number of esters is 1. The number of methoxy groups -OCH3 is 1. The minimum atomic E-state index is -0.542. The predicted molar refractivity (Wildman–Crippen MR) is 64.2 cm³/mol. The number of hydrogen-bond donors (Lipinski definition) is 2. The number of amides is 1. The Morgan fingerprint density at radius 1 is 1.35 bits per heavy atom. The van der Waals surface area contributed by atoms with E-state index < -0.39 is 6.04 Å². The molecule has 0 aromatic carbocycles. The van der Waals surface area contributed by atoms with Gasteiger partial charge in [0.2, 0.25) is 5.91 Å². The molecule has 0 spiro atoms. The largest absolute Gasteiger partial charge is 0.467 e. The first-order chi connectivity index (χ1) is 8.17. The van der Waals surface area contributed by atoms with E-state index in [4.69, 9.17) is 10.5 Å². The number of ether oxygens (including phenoxy) is 1. The molecule has 0 aromatic rings. The summed E-state index contributed by atoms with van der Waals surface area (Å²) in [6.45, 7) is -0.0990. The van der Waals surface area contributed by atoms with Gasteiger partial charge < -0.3 is 15.8 Å². The van der Waals surface area contributed by atoms with Crippen molar-refractivity contribution in [2.75, 3.05) is 13.7 Å². The molecule has 0 radical (unpaired) electrons. The fourth-order valence-corrected chi connectivity index (χ4v) is 2.37. The molecule has 5 heteroatoms. The van der Waals surface area contributed by atoms with E-state index in [0.29, 0.717) is 12.3 Å². The molecule has 0 aromatic heterocycles. The number of carbonyl (C=O) groups excluding carboxylic acids is 2. The summed E-state index contributed by atoms with van der Waals surface area (Å²) in [6.07, 6.45) is 6.62. The van der Waals surface area contributed by atoms with Gasteiger partial charge in [0.1, 0.15) is 6.04 Å². The number of rotatable bonds is 5. The van der Waals surface area contributed by atoms with Crippen LogP contribution in [0.1, 0.15) is 38.5 Å². The third kappa shape index (κ3) is 4.73. The molecule has 0 saturated heterocycles. The smallest absolute Gasteiger partial charge is 0.328 e. The van der Waals surface area contributed by atoms with Crippen molar-refractivity contribution >= 4 is 11.9 Å². The Kier molecular flexibility index (Phi) is 5.97. The minimum absolute atomic E-state index is 0.0990. The van der Waals surface area contributed by atoms with Gasteiger partial charge in [0.25, 0.3) is 0 Å². The van der Waals surface area contributed by atoms with Gasteiger partial charge in [-0.2, -0.15) is 0 Å². The Balaban J connectivity index is 2.49. The summed E-state index contributed by atoms with van der Waals surface area (Å²) >= 11 is 0. The molecule has 1 aliphatic rings. The van der Waals surface area contributed by atoms with Crippen LogP contribution in [0.4, 0.5) is 0 Å². The van der Waals surface area contributed by atoms with Crippen molar-refractivity contribution in [1.82, 2.24) is 5.32 Å². The molecule has 17 heavy (non-hydrogen) atoms. The molecule has 3 N–H and O–H groups in total. The molecule has 98 valence electrons. The van der Waals surface area contributed by atoms with Crippen LogP contribution in [0.5, 0.6) is 0 Å². The third-order valence-corrected chi connectivity index (χ3v) is 3.30. The summed E-state index contributed by atoms with van der Waals surface area (Å²) < 4.78 is 4.70. The molecule has 1 fully saturated rings. The van der Waals surface area contributed by atoms with Crippen LogP contribution in [0.3, 0.4) is 0 Å². The maximum Gasteiger partial charge on any atom is 0.328 e. The first-order valence-corrected chi connectivity index (χ1v) is 6.24. The van der Waals surface area contributed by atoms with Crippen LogP contribution in [-0.2, 0) is 14.3 Å². The molecule has 1 saturated carbocycles. The number of carbonyl (C=O) groups is 2. The highest BCUT2D eigenvalue weighted by molar-refractivity contribution is 5.85. The SMILES string of the molecule is COC(=O)C(CC1CCCCC1)NC(=O)CN. The standard InChI is InChI=1S/C12H22N2O3/c1-17-12(16)10(14-11(15)8-13)7-9-5-3-2-4-6-9/h9-10H,2-8,13H2,1H3,(H,14,15). The van der Waals surface area contributed by atoms with Crippen LogP contribution in [0, 0.1) is 5.92 Å². The topological polar surface area (TPSA) is 81.4 Å². The Morgan fingerprint density at radius 2 is 2.00 bits per heavy atom. The Labute approximate surface area is 102 Å². The highest BCUT2D eigenvalue weighted by Gasteiger charge is 2.25. The van der Waals surface area contributed by atoms with Crippen LogP contribution in [0.15, 0.2) is 0 Å². The van der Waals surface area contributed by atoms with Crippen molar-refractivity contribution in [1.29, 1.82) is 0 Å². The van der Waals surface area contributed by atoms with Crippen molar-refractivity contribution in [2.45, 2.75) is 44.6 Å². The van der Waals surface area contributed by atoms with E-state index in [1.54, 1.807) is 0 Å². The van der Waals surface area contributed by atoms with E-state index in [-0.39, 0.29) is 18.4 Å². The molecule has 5 nitrogen and oxygen atoms in total. The van der Waals surface area contributed by atoms with Crippen molar-refractivity contribution in [3.8, 4) is 0 Å². The molecule has 1 amide bonds. The van der Waals surface area contributed by atoms with E-state index >= 15 is 0 Å². The average molecular weight is 242 g/mol. The van der Waals surface area contributed by atoms with Crippen LogP contribution in [-0.4, -0.2) is 31.6 Å². The Morgan fingerprint density at radius 3 is 2.53 bits per heavy atom. The molecule has 1 aliphatic carbocycles.